The van der Waals surface area contributed by atoms with E-state index in [0.29, 0.717) is 60.9 Å². The van der Waals surface area contributed by atoms with Gasteiger partial charge in [0.2, 0.25) is 11.8 Å². The van der Waals surface area contributed by atoms with Gasteiger partial charge >= 0.3 is 23.5 Å². The first-order chi connectivity index (χ1) is 34.9. The van der Waals surface area contributed by atoms with Gasteiger partial charge in [0.25, 0.3) is 0 Å². The summed E-state index contributed by atoms with van der Waals surface area (Å²) >= 11 is 1.14. The highest BCUT2D eigenvalue weighted by Crippen LogP contribution is 2.68. The minimum absolute atomic E-state index is 0.0278. The van der Waals surface area contributed by atoms with Crippen molar-refractivity contribution >= 4 is 74.9 Å². The Morgan fingerprint density at radius 2 is 1.68 bits per heavy atom. The van der Waals surface area contributed by atoms with Gasteiger partial charge in [0, 0.05) is 49.9 Å². The van der Waals surface area contributed by atoms with Crippen molar-refractivity contribution in [2.24, 2.45) is 51.8 Å². The zero-order valence-corrected chi connectivity index (χ0v) is 46.0. The summed E-state index contributed by atoms with van der Waals surface area (Å²) in [5.41, 5.74) is 4.47. The molecule has 4 saturated carbocycles. The molecule has 0 spiro atoms. The van der Waals surface area contributed by atoms with Crippen molar-refractivity contribution < 1.29 is 90.4 Å². The Morgan fingerprint density at radius 3 is 2.40 bits per heavy atom. The number of aromatic nitrogens is 4. The maximum atomic E-state index is 13.0. The highest BCUT2D eigenvalue weighted by molar-refractivity contribution is 8.13. The number of phosphoric ester groups is 3. The van der Waals surface area contributed by atoms with E-state index >= 15 is 0 Å². The van der Waals surface area contributed by atoms with Crippen molar-refractivity contribution in [1.82, 2.24) is 30.2 Å². The molecule has 7 rings (SSSR count). The summed E-state index contributed by atoms with van der Waals surface area (Å²) < 4.78 is 62.7. The first kappa shape index (κ1) is 59.8. The summed E-state index contributed by atoms with van der Waals surface area (Å²) in [7, 11) is -16.5. The van der Waals surface area contributed by atoms with Crippen LogP contribution in [-0.2, 0) is 55.5 Å². The zero-order valence-electron chi connectivity index (χ0n) is 42.5. The minimum atomic E-state index is -5.60. The Kier molecular flexibility index (Phi) is 18.7. The Hall–Kier alpha value is -2.81. The van der Waals surface area contributed by atoms with Crippen LogP contribution in [0.3, 0.4) is 0 Å². The molecule has 75 heavy (non-hydrogen) atoms. The molecule has 2 aromatic rings. The number of imidazole rings is 1. The summed E-state index contributed by atoms with van der Waals surface area (Å²) in [5, 5.41) is 38.4. The van der Waals surface area contributed by atoms with Crippen LogP contribution in [0.2, 0.25) is 0 Å². The third-order valence-corrected chi connectivity index (χ3v) is 20.9. The molecule has 0 aromatic carbocycles. The lowest BCUT2D eigenvalue weighted by atomic mass is 9.44. The minimum Gasteiger partial charge on any atom is -0.393 e. The number of ketones is 1. The van der Waals surface area contributed by atoms with Crippen molar-refractivity contribution in [3.05, 3.63) is 12.7 Å². The van der Waals surface area contributed by atoms with Crippen LogP contribution in [0.4, 0.5) is 5.82 Å². The number of phosphoric acid groups is 3. The normalized spacial score (nSPS) is 33.4. The number of nitrogen functional groups attached to an aromatic ring is 1. The number of hydrogen-bond acceptors (Lipinski definition) is 20. The van der Waals surface area contributed by atoms with Crippen LogP contribution in [0.25, 0.3) is 11.2 Å². The number of amides is 2. The first-order valence-corrected chi connectivity index (χ1v) is 30.7. The standard InChI is InChI=1S/C45H72N7O19P3S/c1-24(27-7-8-28-34-29(11-14-45(27,28)5)44(4)13-10-26(53)18-25(44)19-30(34)54)6-9-33(56)75-17-16-47-32(55)12-15-48-41(59)38(58)43(2,3)21-68-74(65,66)71-73(63,64)67-20-31-37(70-72(60,61)62)36(57)42(69-31)52-23-51-35-39(46)49-22-50-40(35)52/h22-25,27-31,34,36-38,42,54,57-58H,6-21H2,1-5H3,(H,47,55)(H,48,59)(H,63,64)(H,65,66)(H2,46,49,50)(H2,60,61,62)/t24-,25+,27-,28+,29+,30-,31-,34+,36-,37-,38+,42-,44+,45-/m1/s1. The number of fused-ring (bicyclic) bond motifs is 6. The number of nitrogens with one attached hydrogen (secondary N) is 2. The number of rotatable bonds is 23. The number of aliphatic hydroxyl groups excluding tert-OH is 3. The summed E-state index contributed by atoms with van der Waals surface area (Å²) in [6.07, 6.45) is 1.01. The van der Waals surface area contributed by atoms with Crippen LogP contribution in [0.15, 0.2) is 12.7 Å². The molecule has 422 valence electrons. The largest absolute Gasteiger partial charge is 0.481 e. The monoisotopic (exact) mass is 1140 g/mol. The SMILES string of the molecule is C[C@H](CCC(=O)SCCNC(=O)CCNC(=O)[C@H](O)C(C)(C)COP(=O)(O)OP(=O)(O)OC[C@H]1O[C@@H](n2cnc3c(N)ncnc32)[C@H](O)[C@@H]1OP(=O)(O)O)[C@H]1CC[C@H]2[C@@H]3[C@H](O)C[C@@H]4CC(=O)CC[C@]4(C)[C@H]3CC[C@]12C. The van der Waals surface area contributed by atoms with Gasteiger partial charge < -0.3 is 56.0 Å². The Labute approximate surface area is 438 Å². The molecule has 1 aliphatic heterocycles. The van der Waals surface area contributed by atoms with Crippen LogP contribution >= 0.6 is 35.2 Å². The first-order valence-electron chi connectivity index (χ1n) is 25.2. The summed E-state index contributed by atoms with van der Waals surface area (Å²) in [4.78, 5) is 102. The van der Waals surface area contributed by atoms with E-state index in [1.54, 1.807) is 0 Å². The summed E-state index contributed by atoms with van der Waals surface area (Å²) in [6.45, 7) is 7.50. The van der Waals surface area contributed by atoms with Gasteiger partial charge in [-0.15, -0.1) is 0 Å². The van der Waals surface area contributed by atoms with E-state index in [9.17, 15) is 67.8 Å². The molecule has 5 aliphatic rings. The number of nitrogens with two attached hydrogens (primary N) is 1. The van der Waals surface area contributed by atoms with E-state index in [1.807, 2.05) is 0 Å². The smallest absolute Gasteiger partial charge is 0.393 e. The van der Waals surface area contributed by atoms with Gasteiger partial charge in [-0.3, -0.25) is 37.3 Å². The van der Waals surface area contributed by atoms with Crippen molar-refractivity contribution in [2.75, 3.05) is 37.8 Å². The van der Waals surface area contributed by atoms with Gasteiger partial charge in [0.1, 0.15) is 42.0 Å². The van der Waals surface area contributed by atoms with Crippen LogP contribution in [0, 0.1) is 51.8 Å². The number of carbonyl (C=O) groups excluding carboxylic acids is 4. The van der Waals surface area contributed by atoms with E-state index in [-0.39, 0.29) is 70.4 Å². The molecular formula is C45H72N7O19P3S. The van der Waals surface area contributed by atoms with E-state index in [2.05, 4.69) is 55.2 Å². The molecule has 26 nitrogen and oxygen atoms in total. The van der Waals surface area contributed by atoms with Gasteiger partial charge in [-0.25, -0.2) is 28.6 Å². The second kappa shape index (κ2) is 23.5. The highest BCUT2D eigenvalue weighted by Gasteiger charge is 2.63. The number of nitrogens with zero attached hydrogens (tertiary/aromatic N) is 4. The maximum Gasteiger partial charge on any atom is 0.481 e. The topological polar surface area (TPSA) is 401 Å². The lowest BCUT2D eigenvalue weighted by molar-refractivity contribution is -0.168. The molecule has 16 atom stereocenters. The number of carbonyl (C=O) groups is 4. The Morgan fingerprint density at radius 1 is 0.973 bits per heavy atom. The van der Waals surface area contributed by atoms with Crippen molar-refractivity contribution in [1.29, 1.82) is 0 Å². The predicted octanol–water partition coefficient (Wildman–Crippen LogP) is 3.28. The number of aliphatic hydroxyl groups is 3. The molecular weight excluding hydrogens is 1070 g/mol. The average Bonchev–Trinajstić information content (AvgIpc) is 4.01. The fraction of sp³-hybridized carbons (Fsp3) is 0.800. The molecule has 2 unspecified atom stereocenters. The fourth-order valence-corrected chi connectivity index (χ4v) is 16.4. The van der Waals surface area contributed by atoms with E-state index < -0.39 is 84.6 Å². The van der Waals surface area contributed by atoms with Gasteiger partial charge in [-0.05, 0) is 91.3 Å². The van der Waals surface area contributed by atoms with Crippen LogP contribution in [0.5, 0.6) is 0 Å². The molecule has 5 fully saturated rings. The van der Waals surface area contributed by atoms with Gasteiger partial charge in [-0.1, -0.05) is 46.4 Å². The number of hydrogen-bond donors (Lipinski definition) is 10. The van der Waals surface area contributed by atoms with E-state index in [0.717, 1.165) is 67.5 Å². The molecule has 1 saturated heterocycles. The number of anilines is 1. The third kappa shape index (κ3) is 13.8. The summed E-state index contributed by atoms with van der Waals surface area (Å²) in [5.74, 6) is 1.38. The van der Waals surface area contributed by atoms with Crippen molar-refractivity contribution in [3.8, 4) is 0 Å². The molecule has 4 aliphatic carbocycles. The second-order valence-electron chi connectivity index (χ2n) is 22.1. The van der Waals surface area contributed by atoms with Crippen LogP contribution in [-0.4, -0.2) is 140 Å². The number of ether oxygens (including phenoxy) is 1. The van der Waals surface area contributed by atoms with Crippen LogP contribution in [0.1, 0.15) is 111 Å². The quantitative estimate of drug-likeness (QED) is 0.0564. The van der Waals surface area contributed by atoms with Gasteiger partial charge in [0.05, 0.1) is 25.6 Å². The highest BCUT2D eigenvalue weighted by atomic mass is 32.2. The average molecular weight is 1140 g/mol. The molecule has 2 amide bonds. The van der Waals surface area contributed by atoms with Gasteiger partial charge in [-0.2, -0.15) is 4.31 Å². The zero-order chi connectivity index (χ0) is 55.1. The lowest BCUT2D eigenvalue weighted by Gasteiger charge is -2.62. The molecule has 30 heteroatoms. The molecule has 11 N–H and O–H groups in total. The third-order valence-electron chi connectivity index (χ3n) is 16.8. The van der Waals surface area contributed by atoms with E-state index in [1.165, 1.54) is 13.8 Å². The van der Waals surface area contributed by atoms with Gasteiger partial charge in [0.15, 0.2) is 22.8 Å². The van der Waals surface area contributed by atoms with Crippen molar-refractivity contribution in [3.63, 3.8) is 0 Å². The Bertz CT molecular complexity index is 2580. The Balaban J connectivity index is 0.778. The maximum absolute atomic E-state index is 13.0. The van der Waals surface area contributed by atoms with Crippen molar-refractivity contribution in [2.45, 2.75) is 142 Å². The lowest BCUT2D eigenvalue weighted by Crippen LogP contribution is -2.58. The van der Waals surface area contributed by atoms with E-state index in [4.69, 9.17) is 19.5 Å². The number of Topliss-reactive ketones (excluding diaryl/α,β-unsaturated/α-hetero) is 1. The molecule has 2 aromatic heterocycles. The predicted molar refractivity (Wildman–Crippen MR) is 267 cm³/mol. The molecule has 3 heterocycles. The van der Waals surface area contributed by atoms with Crippen LogP contribution < -0.4 is 16.4 Å². The molecule has 0 bridgehead atoms. The second-order valence-corrected chi connectivity index (χ2v) is 27.5. The number of thioether (sulfide) groups is 1. The fourth-order valence-electron chi connectivity index (χ4n) is 12.9. The molecule has 0 radical (unpaired) electrons. The summed E-state index contributed by atoms with van der Waals surface area (Å²) in [6, 6.07) is 0.